The average molecular weight is 326 g/mol. The summed E-state index contributed by atoms with van der Waals surface area (Å²) in [6.07, 6.45) is -0.514. The molecule has 0 spiro atoms. The van der Waals surface area contributed by atoms with E-state index in [-0.39, 0.29) is 12.1 Å². The van der Waals surface area contributed by atoms with Crippen molar-refractivity contribution in [3.05, 3.63) is 51.5 Å². The molecule has 2 N–H and O–H groups in total. The van der Waals surface area contributed by atoms with Crippen molar-refractivity contribution in [1.29, 1.82) is 0 Å². The van der Waals surface area contributed by atoms with Crippen LogP contribution in [0.5, 0.6) is 0 Å². The van der Waals surface area contributed by atoms with Gasteiger partial charge in [0, 0.05) is 17.6 Å². The molecule has 0 fully saturated rings. The van der Waals surface area contributed by atoms with Gasteiger partial charge in [-0.3, -0.25) is 0 Å². The lowest BCUT2D eigenvalue weighted by molar-refractivity contribution is 0.148. The van der Waals surface area contributed by atoms with E-state index in [4.69, 9.17) is 0 Å². The van der Waals surface area contributed by atoms with Crippen LogP contribution in [0.4, 0.5) is 8.78 Å². The van der Waals surface area contributed by atoms with E-state index in [1.807, 2.05) is 26.2 Å². The van der Waals surface area contributed by atoms with Crippen molar-refractivity contribution in [2.75, 3.05) is 6.54 Å². The number of aliphatic hydroxyl groups is 1. The first-order valence-electron chi connectivity index (χ1n) is 7.17. The van der Waals surface area contributed by atoms with Gasteiger partial charge in [-0.25, -0.2) is 13.8 Å². The summed E-state index contributed by atoms with van der Waals surface area (Å²) in [4.78, 5) is 4.47. The largest absolute Gasteiger partial charge is 0.387 e. The molecule has 0 aliphatic carbocycles. The molecule has 0 amide bonds. The summed E-state index contributed by atoms with van der Waals surface area (Å²) in [6.45, 7) is 5.93. The molecule has 22 heavy (non-hydrogen) atoms. The minimum absolute atomic E-state index is 0.0425. The van der Waals surface area contributed by atoms with Gasteiger partial charge >= 0.3 is 0 Å². The fourth-order valence-electron chi connectivity index (χ4n) is 2.21. The van der Waals surface area contributed by atoms with Crippen LogP contribution in [0.1, 0.15) is 42.6 Å². The third-order valence-corrected chi connectivity index (χ3v) is 5.04. The van der Waals surface area contributed by atoms with Gasteiger partial charge in [0.15, 0.2) is 0 Å². The summed E-state index contributed by atoms with van der Waals surface area (Å²) in [7, 11) is 0. The molecule has 3 nitrogen and oxygen atoms in total. The number of rotatable bonds is 6. The van der Waals surface area contributed by atoms with Gasteiger partial charge in [-0.2, -0.15) is 0 Å². The lowest BCUT2D eigenvalue weighted by Crippen LogP contribution is -2.41. The summed E-state index contributed by atoms with van der Waals surface area (Å²) in [5, 5.41) is 16.2. The van der Waals surface area contributed by atoms with Crippen LogP contribution in [-0.4, -0.2) is 16.6 Å². The van der Waals surface area contributed by atoms with Gasteiger partial charge in [-0.05, 0) is 32.4 Å². The number of halogens is 2. The molecule has 0 bridgehead atoms. The quantitative estimate of drug-likeness (QED) is 0.851. The van der Waals surface area contributed by atoms with Gasteiger partial charge in [-0.15, -0.1) is 11.3 Å². The molecule has 0 radical (unpaired) electrons. The molecule has 1 heterocycles. The van der Waals surface area contributed by atoms with E-state index in [2.05, 4.69) is 10.3 Å². The standard InChI is InChI=1S/C16H20F2N2OS/c1-4-16(3,15-20-10(2)9-22-15)19-8-13(21)14-11(17)6-5-7-12(14)18/h5-7,9,13,19,21H,4,8H2,1-3H3. The lowest BCUT2D eigenvalue weighted by atomic mass is 9.98. The topological polar surface area (TPSA) is 45.1 Å². The Bertz CT molecular complexity index is 627. The highest BCUT2D eigenvalue weighted by Gasteiger charge is 2.29. The first-order chi connectivity index (χ1) is 10.4. The minimum Gasteiger partial charge on any atom is -0.387 e. The van der Waals surface area contributed by atoms with E-state index in [1.165, 1.54) is 17.4 Å². The van der Waals surface area contributed by atoms with Crippen molar-refractivity contribution in [3.63, 3.8) is 0 Å². The van der Waals surface area contributed by atoms with E-state index in [0.717, 1.165) is 29.3 Å². The molecule has 2 atom stereocenters. The Labute approximate surface area is 133 Å². The van der Waals surface area contributed by atoms with Gasteiger partial charge in [0.1, 0.15) is 16.6 Å². The third kappa shape index (κ3) is 3.51. The molecule has 0 saturated heterocycles. The van der Waals surface area contributed by atoms with E-state index >= 15 is 0 Å². The monoisotopic (exact) mass is 326 g/mol. The normalized spacial score (nSPS) is 15.5. The second-order valence-electron chi connectivity index (χ2n) is 5.51. The summed E-state index contributed by atoms with van der Waals surface area (Å²) in [5.41, 5.74) is 0.188. The van der Waals surface area contributed by atoms with Crippen molar-refractivity contribution in [3.8, 4) is 0 Å². The molecule has 2 unspecified atom stereocenters. The summed E-state index contributed by atoms with van der Waals surface area (Å²) in [6, 6.07) is 3.57. The molecule has 0 aliphatic rings. The third-order valence-electron chi connectivity index (χ3n) is 3.82. The molecule has 120 valence electrons. The number of thiazole rings is 1. The zero-order chi connectivity index (χ0) is 16.3. The molecule has 1 aromatic heterocycles. The van der Waals surface area contributed by atoms with Crippen LogP contribution in [-0.2, 0) is 5.54 Å². The number of benzene rings is 1. The number of aryl methyl sites for hydroxylation is 1. The summed E-state index contributed by atoms with van der Waals surface area (Å²) in [5.74, 6) is -1.48. The van der Waals surface area contributed by atoms with Crippen LogP contribution < -0.4 is 5.32 Å². The van der Waals surface area contributed by atoms with Crippen LogP contribution >= 0.6 is 11.3 Å². The maximum absolute atomic E-state index is 13.7. The Morgan fingerprint density at radius 3 is 2.50 bits per heavy atom. The van der Waals surface area contributed by atoms with Gasteiger partial charge in [0.05, 0.1) is 17.2 Å². The SMILES string of the molecule is CCC(C)(NCC(O)c1c(F)cccc1F)c1nc(C)cs1. The first-order valence-corrected chi connectivity index (χ1v) is 8.05. The number of hydrogen-bond donors (Lipinski definition) is 2. The Kier molecular flexibility index (Phi) is 5.26. The average Bonchev–Trinajstić information content (AvgIpc) is 2.92. The summed E-state index contributed by atoms with van der Waals surface area (Å²) < 4.78 is 27.4. The molecule has 0 saturated carbocycles. The predicted molar refractivity (Wildman–Crippen MR) is 83.8 cm³/mol. The van der Waals surface area contributed by atoms with Gasteiger partial charge < -0.3 is 10.4 Å². The van der Waals surface area contributed by atoms with E-state index in [0.29, 0.717) is 0 Å². The summed E-state index contributed by atoms with van der Waals surface area (Å²) >= 11 is 1.53. The van der Waals surface area contributed by atoms with E-state index in [9.17, 15) is 13.9 Å². The van der Waals surface area contributed by atoms with Crippen LogP contribution in [0.2, 0.25) is 0 Å². The molecule has 1 aromatic carbocycles. The molecular formula is C16H20F2N2OS. The highest BCUT2D eigenvalue weighted by molar-refractivity contribution is 7.09. The van der Waals surface area contributed by atoms with Gasteiger partial charge in [0.2, 0.25) is 0 Å². The van der Waals surface area contributed by atoms with Crippen molar-refractivity contribution in [2.24, 2.45) is 0 Å². The number of nitrogens with zero attached hydrogens (tertiary/aromatic N) is 1. The van der Waals surface area contributed by atoms with Gasteiger partial charge in [0.25, 0.3) is 0 Å². The zero-order valence-corrected chi connectivity index (χ0v) is 13.7. The number of nitrogens with one attached hydrogen (secondary N) is 1. The second-order valence-corrected chi connectivity index (χ2v) is 6.37. The molecule has 2 aromatic rings. The van der Waals surface area contributed by atoms with Crippen LogP contribution in [0.3, 0.4) is 0 Å². The number of hydrogen-bond acceptors (Lipinski definition) is 4. The fourth-order valence-corrected chi connectivity index (χ4v) is 3.22. The molecular weight excluding hydrogens is 306 g/mol. The van der Waals surface area contributed by atoms with Crippen molar-refractivity contribution >= 4 is 11.3 Å². The Balaban J connectivity index is 2.13. The number of aromatic nitrogens is 1. The maximum Gasteiger partial charge on any atom is 0.131 e. The zero-order valence-electron chi connectivity index (χ0n) is 12.9. The van der Waals surface area contributed by atoms with E-state index < -0.39 is 23.3 Å². The smallest absolute Gasteiger partial charge is 0.131 e. The highest BCUT2D eigenvalue weighted by atomic mass is 32.1. The van der Waals surface area contributed by atoms with Gasteiger partial charge in [-0.1, -0.05) is 13.0 Å². The second kappa shape index (κ2) is 6.81. The van der Waals surface area contributed by atoms with Crippen molar-refractivity contribution in [1.82, 2.24) is 10.3 Å². The molecule has 6 heteroatoms. The Hall–Kier alpha value is -1.37. The first kappa shape index (κ1) is 17.0. The Morgan fingerprint density at radius 1 is 1.36 bits per heavy atom. The highest BCUT2D eigenvalue weighted by Crippen LogP contribution is 2.29. The maximum atomic E-state index is 13.7. The Morgan fingerprint density at radius 2 is 2.00 bits per heavy atom. The van der Waals surface area contributed by atoms with Crippen LogP contribution in [0, 0.1) is 18.6 Å². The lowest BCUT2D eigenvalue weighted by Gasteiger charge is -2.29. The fraction of sp³-hybridized carbons (Fsp3) is 0.438. The molecule has 0 aliphatic heterocycles. The van der Waals surface area contributed by atoms with Crippen molar-refractivity contribution in [2.45, 2.75) is 38.8 Å². The molecule has 2 rings (SSSR count). The predicted octanol–water partition coefficient (Wildman–Crippen LogP) is 3.68. The van der Waals surface area contributed by atoms with E-state index in [1.54, 1.807) is 0 Å². The van der Waals surface area contributed by atoms with Crippen molar-refractivity contribution < 1.29 is 13.9 Å². The van der Waals surface area contributed by atoms with Crippen LogP contribution in [0.25, 0.3) is 0 Å². The number of aliphatic hydroxyl groups excluding tert-OH is 1. The van der Waals surface area contributed by atoms with Crippen LogP contribution in [0.15, 0.2) is 23.6 Å². The minimum atomic E-state index is -1.26.